The number of allylic oxidation sites excluding steroid dienone is 1. The fourth-order valence-electron chi connectivity index (χ4n) is 2.29. The van der Waals surface area contributed by atoms with E-state index in [1.165, 1.54) is 44.9 Å². The smallest absolute Gasteiger partial charge is 0.138 e. The van der Waals surface area contributed by atoms with Crippen LogP contribution >= 0.6 is 0 Å². The van der Waals surface area contributed by atoms with E-state index >= 15 is 0 Å². The fourth-order valence-corrected chi connectivity index (χ4v) is 2.29. The summed E-state index contributed by atoms with van der Waals surface area (Å²) in [6, 6.07) is 0. The van der Waals surface area contributed by atoms with E-state index in [0.29, 0.717) is 0 Å². The van der Waals surface area contributed by atoms with Gasteiger partial charge in [-0.15, -0.1) is 0 Å². The minimum Gasteiger partial charge on any atom is -0.386 e. The Labute approximate surface area is 129 Å². The highest BCUT2D eigenvalue weighted by atomic mass is 16.3. The molecule has 0 aliphatic carbocycles. The highest BCUT2D eigenvalue weighted by Crippen LogP contribution is 2.27. The van der Waals surface area contributed by atoms with Crippen LogP contribution in [0, 0.1) is 5.41 Å². The average Bonchev–Trinajstić information content (AvgIpc) is 2.94. The van der Waals surface area contributed by atoms with Gasteiger partial charge in [-0.3, -0.25) is 0 Å². The highest BCUT2D eigenvalue weighted by Gasteiger charge is 2.27. The van der Waals surface area contributed by atoms with E-state index in [1.54, 1.807) is 11.0 Å². The van der Waals surface area contributed by atoms with Crippen LogP contribution in [0.15, 0.2) is 18.7 Å². The lowest BCUT2D eigenvalue weighted by molar-refractivity contribution is 0.108. The maximum Gasteiger partial charge on any atom is 0.138 e. The van der Waals surface area contributed by atoms with Gasteiger partial charge in [0, 0.05) is 0 Å². The lowest BCUT2D eigenvalue weighted by atomic mass is 9.86. The molecule has 1 N–H and O–H groups in total. The molecule has 0 radical (unpaired) electrons. The van der Waals surface area contributed by atoms with Gasteiger partial charge in [0.2, 0.25) is 0 Å². The molecule has 1 rings (SSSR count). The molecule has 4 nitrogen and oxygen atoms in total. The molecule has 0 saturated carbocycles. The van der Waals surface area contributed by atoms with E-state index in [4.69, 9.17) is 0 Å². The number of aliphatic hydroxyl groups excluding tert-OH is 1. The lowest BCUT2D eigenvalue weighted by Crippen LogP contribution is -2.29. The molecular weight excluding hydrogens is 262 g/mol. The number of nitrogens with zero attached hydrogens (tertiary/aromatic N) is 3. The first kappa shape index (κ1) is 17.9. The molecule has 4 heteroatoms. The van der Waals surface area contributed by atoms with Gasteiger partial charge in [0.15, 0.2) is 0 Å². The van der Waals surface area contributed by atoms with E-state index in [-0.39, 0.29) is 5.41 Å². The van der Waals surface area contributed by atoms with Crippen molar-refractivity contribution in [2.75, 3.05) is 0 Å². The van der Waals surface area contributed by atoms with Crippen molar-refractivity contribution in [3.8, 4) is 0 Å². The predicted octanol–water partition coefficient (Wildman–Crippen LogP) is 4.28. The maximum absolute atomic E-state index is 10.5. The van der Waals surface area contributed by atoms with Gasteiger partial charge in [-0.25, -0.2) is 9.67 Å². The molecule has 0 amide bonds. The molecule has 0 aliphatic heterocycles. The zero-order valence-electron chi connectivity index (χ0n) is 14.0. The second kappa shape index (κ2) is 8.98. The first-order valence-electron chi connectivity index (χ1n) is 8.20. The summed E-state index contributed by atoms with van der Waals surface area (Å²) in [4.78, 5) is 3.99. The topological polar surface area (TPSA) is 50.9 Å². The van der Waals surface area contributed by atoms with Crippen LogP contribution in [0.1, 0.15) is 72.6 Å². The van der Waals surface area contributed by atoms with Gasteiger partial charge in [0.05, 0.1) is 5.70 Å². The molecule has 0 saturated heterocycles. The van der Waals surface area contributed by atoms with Crippen LogP contribution in [0.5, 0.6) is 0 Å². The van der Waals surface area contributed by atoms with Crippen molar-refractivity contribution in [2.24, 2.45) is 5.41 Å². The minimum absolute atomic E-state index is 0.209. The third-order valence-corrected chi connectivity index (χ3v) is 3.69. The van der Waals surface area contributed by atoms with Crippen molar-refractivity contribution in [1.29, 1.82) is 0 Å². The van der Waals surface area contributed by atoms with Crippen molar-refractivity contribution in [3.63, 3.8) is 0 Å². The van der Waals surface area contributed by atoms with Gasteiger partial charge in [0.25, 0.3) is 0 Å². The van der Waals surface area contributed by atoms with Gasteiger partial charge >= 0.3 is 0 Å². The summed E-state index contributed by atoms with van der Waals surface area (Å²) in [7, 11) is 0. The van der Waals surface area contributed by atoms with Gasteiger partial charge in [0.1, 0.15) is 18.8 Å². The number of rotatable bonds is 9. The minimum atomic E-state index is -0.542. The second-order valence-electron chi connectivity index (χ2n) is 6.79. The molecule has 0 aliphatic rings. The zero-order valence-corrected chi connectivity index (χ0v) is 14.0. The maximum atomic E-state index is 10.5. The average molecular weight is 293 g/mol. The van der Waals surface area contributed by atoms with Crippen molar-refractivity contribution < 1.29 is 5.11 Å². The van der Waals surface area contributed by atoms with Crippen molar-refractivity contribution in [3.05, 3.63) is 18.7 Å². The Morgan fingerprint density at radius 2 is 1.86 bits per heavy atom. The van der Waals surface area contributed by atoms with Crippen LogP contribution in [0.2, 0.25) is 0 Å². The first-order valence-corrected chi connectivity index (χ1v) is 8.20. The summed E-state index contributed by atoms with van der Waals surface area (Å²) < 4.78 is 1.69. The number of hydrogen-bond acceptors (Lipinski definition) is 3. The fraction of sp³-hybridized carbons (Fsp3) is 0.765. The highest BCUT2D eigenvalue weighted by molar-refractivity contribution is 5.49. The number of aliphatic hydroxyl groups is 1. The normalized spacial score (nSPS) is 14.4. The number of aromatic nitrogens is 3. The van der Waals surface area contributed by atoms with Crippen molar-refractivity contribution >= 4 is 5.70 Å². The third kappa shape index (κ3) is 6.42. The van der Waals surface area contributed by atoms with Crippen molar-refractivity contribution in [2.45, 2.75) is 78.7 Å². The third-order valence-electron chi connectivity index (χ3n) is 3.69. The summed E-state index contributed by atoms with van der Waals surface area (Å²) in [6.07, 6.45) is 13.4. The van der Waals surface area contributed by atoms with E-state index in [0.717, 1.165) is 12.1 Å². The van der Waals surface area contributed by atoms with E-state index in [9.17, 15) is 5.11 Å². The lowest BCUT2D eigenvalue weighted by Gasteiger charge is -2.28. The zero-order chi connectivity index (χ0) is 15.7. The Morgan fingerprint density at radius 1 is 1.19 bits per heavy atom. The van der Waals surface area contributed by atoms with Crippen LogP contribution in [0.3, 0.4) is 0 Å². The molecule has 1 unspecified atom stereocenters. The first-order chi connectivity index (χ1) is 9.96. The number of hydrogen-bond donors (Lipinski definition) is 1. The quantitative estimate of drug-likeness (QED) is 0.691. The second-order valence-corrected chi connectivity index (χ2v) is 6.79. The largest absolute Gasteiger partial charge is 0.386 e. The molecule has 0 fully saturated rings. The molecule has 0 spiro atoms. The Hall–Kier alpha value is -1.16. The van der Waals surface area contributed by atoms with Crippen LogP contribution in [-0.2, 0) is 0 Å². The summed E-state index contributed by atoms with van der Waals surface area (Å²) in [5, 5.41) is 14.7. The summed E-state index contributed by atoms with van der Waals surface area (Å²) in [5.41, 5.74) is 0.632. The van der Waals surface area contributed by atoms with E-state index < -0.39 is 6.10 Å². The molecule has 1 heterocycles. The molecule has 1 atom stereocenters. The molecule has 120 valence electrons. The molecule has 21 heavy (non-hydrogen) atoms. The van der Waals surface area contributed by atoms with E-state index in [2.05, 4.69) is 23.1 Å². The van der Waals surface area contributed by atoms with Crippen molar-refractivity contribution in [1.82, 2.24) is 14.8 Å². The Kier molecular flexibility index (Phi) is 7.65. The molecule has 0 aromatic carbocycles. The summed E-state index contributed by atoms with van der Waals surface area (Å²) in [6.45, 7) is 8.34. The van der Waals surface area contributed by atoms with Gasteiger partial charge < -0.3 is 5.11 Å². The van der Waals surface area contributed by atoms with Crippen LogP contribution in [0.4, 0.5) is 0 Å². The van der Waals surface area contributed by atoms with Crippen LogP contribution < -0.4 is 0 Å². The van der Waals surface area contributed by atoms with E-state index in [1.807, 2.05) is 20.8 Å². The van der Waals surface area contributed by atoms with Crippen LogP contribution in [0.25, 0.3) is 5.70 Å². The molecular formula is C17H31N3O. The standard InChI is InChI=1S/C17H31N3O/c1-5-6-7-8-9-10-11-12-15(16(21)17(2,3)4)20-14-18-13-19-20/h12-14,16,21H,5-11H2,1-4H3/b15-12+. The van der Waals surface area contributed by atoms with Gasteiger partial charge in [-0.2, -0.15) is 5.10 Å². The Balaban J connectivity index is 2.55. The number of unbranched alkanes of at least 4 members (excludes halogenated alkanes) is 6. The Bertz CT molecular complexity index is 404. The summed E-state index contributed by atoms with van der Waals surface area (Å²) >= 11 is 0. The van der Waals surface area contributed by atoms with Gasteiger partial charge in [-0.1, -0.05) is 65.9 Å². The summed E-state index contributed by atoms with van der Waals surface area (Å²) in [5.74, 6) is 0. The monoisotopic (exact) mass is 293 g/mol. The van der Waals surface area contributed by atoms with Crippen LogP contribution in [-0.4, -0.2) is 26.0 Å². The predicted molar refractivity (Wildman–Crippen MR) is 87.7 cm³/mol. The van der Waals surface area contributed by atoms with Gasteiger partial charge in [-0.05, 0) is 18.3 Å². The SMILES string of the molecule is CCCCCCCC/C=C(\C(O)C(C)(C)C)n1cncn1. The molecule has 0 bridgehead atoms. The molecule has 1 aromatic heterocycles. The molecule has 1 aromatic rings. The Morgan fingerprint density at radius 3 is 2.43 bits per heavy atom.